The van der Waals surface area contributed by atoms with Crippen molar-refractivity contribution in [1.82, 2.24) is 0 Å². The summed E-state index contributed by atoms with van der Waals surface area (Å²) in [7, 11) is 0. The van der Waals surface area contributed by atoms with Crippen LogP contribution in [0.25, 0.3) is 0 Å². The number of hydrogen-bond donors (Lipinski definition) is 0. The van der Waals surface area contributed by atoms with Crippen LogP contribution in [0, 0.1) is 0 Å². The smallest absolute Gasteiger partial charge is 0.317 e. The van der Waals surface area contributed by atoms with Crippen molar-refractivity contribution in [3.63, 3.8) is 0 Å². The Bertz CT molecular complexity index is 769. The van der Waals surface area contributed by atoms with Crippen molar-refractivity contribution in [3.05, 3.63) is 60.2 Å². The molecule has 2 aromatic rings. The highest BCUT2D eigenvalue weighted by molar-refractivity contribution is 6.55. The molecule has 1 amide bonds. The number of rotatable bonds is 4. The third kappa shape index (κ3) is 2.85. The van der Waals surface area contributed by atoms with E-state index in [2.05, 4.69) is 5.16 Å². The molecule has 1 aliphatic heterocycles. The van der Waals surface area contributed by atoms with E-state index in [0.29, 0.717) is 12.0 Å². The summed E-state index contributed by atoms with van der Waals surface area (Å²) in [5.74, 6) is -0.745. The molecule has 23 heavy (non-hydrogen) atoms. The fourth-order valence-corrected chi connectivity index (χ4v) is 2.47. The van der Waals surface area contributed by atoms with Gasteiger partial charge in [0.25, 0.3) is 5.91 Å². The van der Waals surface area contributed by atoms with E-state index in [1.807, 2.05) is 55.5 Å². The van der Waals surface area contributed by atoms with E-state index in [-0.39, 0.29) is 18.0 Å². The maximum absolute atomic E-state index is 12.7. The van der Waals surface area contributed by atoms with Gasteiger partial charge in [-0.1, -0.05) is 48.5 Å². The van der Waals surface area contributed by atoms with Crippen molar-refractivity contribution in [1.29, 1.82) is 0 Å². The summed E-state index contributed by atoms with van der Waals surface area (Å²) in [6.07, 6.45) is 0.944. The minimum atomic E-state index is -0.441. The van der Waals surface area contributed by atoms with E-state index in [1.54, 1.807) is 11.0 Å². The number of fused-ring (bicyclic) bond motifs is 1. The van der Waals surface area contributed by atoms with Crippen molar-refractivity contribution in [3.8, 4) is 0 Å². The summed E-state index contributed by atoms with van der Waals surface area (Å²) in [6.45, 7) is 1.88. The van der Waals surface area contributed by atoms with Gasteiger partial charge in [-0.15, -0.1) is 0 Å². The lowest BCUT2D eigenvalue weighted by Gasteiger charge is -2.16. The van der Waals surface area contributed by atoms with E-state index in [4.69, 9.17) is 4.84 Å². The number of nitrogens with zero attached hydrogens (tertiary/aromatic N) is 2. The van der Waals surface area contributed by atoms with Gasteiger partial charge in [0, 0.05) is 17.7 Å². The van der Waals surface area contributed by atoms with Crippen LogP contribution in [0.5, 0.6) is 0 Å². The molecule has 0 aliphatic carbocycles. The summed E-state index contributed by atoms with van der Waals surface area (Å²) in [5.41, 5.74) is 2.28. The quantitative estimate of drug-likeness (QED) is 0.642. The van der Waals surface area contributed by atoms with Crippen LogP contribution in [-0.4, -0.2) is 17.6 Å². The number of carbonyl (C=O) groups is 2. The Morgan fingerprint density at radius 1 is 1.09 bits per heavy atom. The van der Waals surface area contributed by atoms with Crippen molar-refractivity contribution in [2.45, 2.75) is 19.8 Å². The maximum atomic E-state index is 12.7. The fourth-order valence-electron chi connectivity index (χ4n) is 2.47. The van der Waals surface area contributed by atoms with Crippen LogP contribution in [0.4, 0.5) is 11.4 Å². The SMILES string of the molecule is CCCC(=O)ON=C1C(=O)N(c2ccccc2)c2ccccc21. The van der Waals surface area contributed by atoms with Gasteiger partial charge in [0.05, 0.1) is 5.69 Å². The van der Waals surface area contributed by atoms with Gasteiger partial charge in [-0.3, -0.25) is 9.69 Å². The van der Waals surface area contributed by atoms with Gasteiger partial charge in [0.1, 0.15) is 0 Å². The van der Waals surface area contributed by atoms with Crippen molar-refractivity contribution < 1.29 is 14.4 Å². The molecular formula is C18H16N2O3. The maximum Gasteiger partial charge on any atom is 0.335 e. The summed E-state index contributed by atoms with van der Waals surface area (Å²) in [4.78, 5) is 30.7. The molecule has 1 aliphatic rings. The largest absolute Gasteiger partial charge is 0.335 e. The first-order chi connectivity index (χ1) is 11.2. The Balaban J connectivity index is 1.99. The van der Waals surface area contributed by atoms with Gasteiger partial charge >= 0.3 is 5.97 Å². The third-order valence-corrected chi connectivity index (χ3v) is 3.51. The van der Waals surface area contributed by atoms with E-state index >= 15 is 0 Å². The van der Waals surface area contributed by atoms with Crippen LogP contribution in [0.2, 0.25) is 0 Å². The molecule has 5 heteroatoms. The second kappa shape index (κ2) is 6.44. The topological polar surface area (TPSA) is 59.0 Å². The number of benzene rings is 2. The number of oxime groups is 1. The second-order valence-corrected chi connectivity index (χ2v) is 5.15. The summed E-state index contributed by atoms with van der Waals surface area (Å²) < 4.78 is 0. The predicted octanol–water partition coefficient (Wildman–Crippen LogP) is 3.41. The molecule has 0 unspecified atom stereocenters. The van der Waals surface area contributed by atoms with Crippen LogP contribution in [0.3, 0.4) is 0 Å². The molecule has 116 valence electrons. The van der Waals surface area contributed by atoms with Crippen molar-refractivity contribution in [2.24, 2.45) is 5.16 Å². The predicted molar refractivity (Wildman–Crippen MR) is 87.6 cm³/mol. The van der Waals surface area contributed by atoms with Gasteiger partial charge in [-0.25, -0.2) is 4.79 Å². The summed E-state index contributed by atoms with van der Waals surface area (Å²) >= 11 is 0. The Morgan fingerprint density at radius 3 is 2.52 bits per heavy atom. The zero-order chi connectivity index (χ0) is 16.2. The van der Waals surface area contributed by atoms with Crippen LogP contribution >= 0.6 is 0 Å². The summed E-state index contributed by atoms with van der Waals surface area (Å²) in [5, 5.41) is 3.82. The molecule has 0 spiro atoms. The average Bonchev–Trinajstić information content (AvgIpc) is 2.85. The van der Waals surface area contributed by atoms with Crippen molar-refractivity contribution >= 4 is 29.0 Å². The van der Waals surface area contributed by atoms with E-state index in [9.17, 15) is 9.59 Å². The molecule has 0 aromatic heterocycles. The van der Waals surface area contributed by atoms with Crippen LogP contribution in [0.15, 0.2) is 59.8 Å². The standard InChI is InChI=1S/C18H16N2O3/c1-2-8-16(21)23-19-17-14-11-6-7-12-15(14)20(18(17)22)13-9-4-3-5-10-13/h3-7,9-12H,2,8H2,1H3. The molecule has 0 fully saturated rings. The Morgan fingerprint density at radius 2 is 1.78 bits per heavy atom. The van der Waals surface area contributed by atoms with Crippen molar-refractivity contribution in [2.75, 3.05) is 4.90 Å². The van der Waals surface area contributed by atoms with Gasteiger partial charge in [-0.05, 0) is 24.6 Å². The zero-order valence-electron chi connectivity index (χ0n) is 12.7. The monoisotopic (exact) mass is 308 g/mol. The Labute approximate surface area is 134 Å². The molecule has 0 radical (unpaired) electrons. The summed E-state index contributed by atoms with van der Waals surface area (Å²) in [6, 6.07) is 16.6. The normalized spacial score (nSPS) is 14.9. The lowest BCUT2D eigenvalue weighted by molar-refractivity contribution is -0.143. The van der Waals surface area contributed by atoms with Gasteiger partial charge in [-0.2, -0.15) is 0 Å². The number of amides is 1. The zero-order valence-corrected chi connectivity index (χ0v) is 12.7. The number of anilines is 2. The first kappa shape index (κ1) is 15.0. The highest BCUT2D eigenvalue weighted by atomic mass is 16.7. The van der Waals surface area contributed by atoms with E-state index < -0.39 is 5.97 Å². The van der Waals surface area contributed by atoms with Crippen LogP contribution in [-0.2, 0) is 14.4 Å². The highest BCUT2D eigenvalue weighted by Gasteiger charge is 2.35. The van der Waals surface area contributed by atoms with Gasteiger partial charge in [0.15, 0.2) is 5.71 Å². The second-order valence-electron chi connectivity index (χ2n) is 5.15. The average molecular weight is 308 g/mol. The molecular weight excluding hydrogens is 292 g/mol. The molecule has 3 rings (SSSR count). The first-order valence-electron chi connectivity index (χ1n) is 7.49. The lowest BCUT2D eigenvalue weighted by atomic mass is 10.1. The minimum absolute atomic E-state index is 0.147. The molecule has 5 nitrogen and oxygen atoms in total. The lowest BCUT2D eigenvalue weighted by Crippen LogP contribution is -2.25. The third-order valence-electron chi connectivity index (χ3n) is 3.51. The molecule has 0 bridgehead atoms. The Hall–Kier alpha value is -2.95. The molecule has 1 heterocycles. The van der Waals surface area contributed by atoms with Crippen LogP contribution < -0.4 is 4.90 Å². The first-order valence-corrected chi connectivity index (χ1v) is 7.49. The molecule has 0 saturated carbocycles. The number of para-hydroxylation sites is 2. The van der Waals surface area contributed by atoms with Gasteiger partial charge in [0.2, 0.25) is 0 Å². The molecule has 2 aromatic carbocycles. The highest BCUT2D eigenvalue weighted by Crippen LogP contribution is 2.35. The van der Waals surface area contributed by atoms with Crippen LogP contribution in [0.1, 0.15) is 25.3 Å². The van der Waals surface area contributed by atoms with E-state index in [0.717, 1.165) is 11.4 Å². The molecule has 0 N–H and O–H groups in total. The molecule has 0 atom stereocenters. The van der Waals surface area contributed by atoms with Gasteiger partial charge < -0.3 is 4.84 Å². The molecule has 0 saturated heterocycles. The fraction of sp³-hybridized carbons (Fsp3) is 0.167. The van der Waals surface area contributed by atoms with E-state index in [1.165, 1.54) is 0 Å². The number of carbonyl (C=O) groups excluding carboxylic acids is 2. The number of hydrogen-bond acceptors (Lipinski definition) is 4. The Kier molecular flexibility index (Phi) is 4.19. The minimum Gasteiger partial charge on any atom is -0.317 e.